The van der Waals surface area contributed by atoms with E-state index in [1.54, 1.807) is 0 Å². The molecule has 0 saturated heterocycles. The molecule has 0 radical (unpaired) electrons. The van der Waals surface area contributed by atoms with Gasteiger partial charge in [-0.2, -0.15) is 4.48 Å². The van der Waals surface area contributed by atoms with Crippen molar-refractivity contribution in [2.75, 3.05) is 24.1 Å². The molecule has 5 rings (SSSR count). The van der Waals surface area contributed by atoms with Crippen molar-refractivity contribution >= 4 is 28.7 Å². The first-order chi connectivity index (χ1) is 15.6. The normalized spacial score (nSPS) is 20.3. The van der Waals surface area contributed by atoms with E-state index in [2.05, 4.69) is 68.6 Å². The highest BCUT2D eigenvalue weighted by atomic mass is 32.1. The van der Waals surface area contributed by atoms with Crippen molar-refractivity contribution in [3.63, 3.8) is 0 Å². The molecule has 4 N–H and O–H groups in total. The van der Waals surface area contributed by atoms with E-state index in [0.29, 0.717) is 11.4 Å². The first kappa shape index (κ1) is 20.8. The molecule has 0 fully saturated rings. The van der Waals surface area contributed by atoms with Gasteiger partial charge < -0.3 is 16.4 Å². The lowest BCUT2D eigenvalue weighted by Gasteiger charge is -2.24. The van der Waals surface area contributed by atoms with Crippen molar-refractivity contribution in [1.29, 1.82) is 0 Å². The Morgan fingerprint density at radius 3 is 2.22 bits per heavy atom. The van der Waals surface area contributed by atoms with Gasteiger partial charge in [0.1, 0.15) is 0 Å². The molecular weight excluding hydrogens is 416 g/mol. The number of fused-ring (bicyclic) bond motifs is 5. The fourth-order valence-electron chi connectivity index (χ4n) is 5.17. The van der Waals surface area contributed by atoms with E-state index >= 15 is 0 Å². The van der Waals surface area contributed by atoms with Crippen LogP contribution in [0.15, 0.2) is 73.1 Å². The molecule has 0 bridgehead atoms. The number of nitrogens with one attached hydrogen (secondary N) is 2. The second-order valence-electron chi connectivity index (χ2n) is 8.87. The standard InChI is InChI=1S/C25H30N6S/c26-20-10-12-21(13-11-20)28-24(32)27-14-4-1-7-17-31-18-22-8-2-5-15-29(22)25(31)30-16-6-3-9-23(30)19-31/h2-3,5-6,8-13,15-16,25H,1,4,7,14,17-19,26H2,(H-,27,28,32)/q+2/p+1. The van der Waals surface area contributed by atoms with E-state index in [1.807, 2.05) is 24.3 Å². The predicted octanol–water partition coefficient (Wildman–Crippen LogP) is 2.85. The van der Waals surface area contributed by atoms with Gasteiger partial charge >= 0.3 is 6.29 Å². The molecule has 3 aromatic rings. The van der Waals surface area contributed by atoms with Gasteiger partial charge in [-0.1, -0.05) is 9.13 Å². The monoisotopic (exact) mass is 447 g/mol. The molecular formula is C25H31N6S+3. The van der Waals surface area contributed by atoms with E-state index in [0.717, 1.165) is 41.9 Å². The summed E-state index contributed by atoms with van der Waals surface area (Å²) in [4.78, 5) is 0. The van der Waals surface area contributed by atoms with Crippen LogP contribution in [0, 0.1) is 0 Å². The molecule has 4 heterocycles. The number of anilines is 2. The van der Waals surface area contributed by atoms with Gasteiger partial charge in [0.2, 0.25) is 11.4 Å². The SMILES string of the molecule is Nc1ccc(NC(=S)NCCCCC[N+]23Cc4cccc[n+]4C2[n+]2ccccc2C3)cc1. The Bertz CT molecular complexity index is 1060. The summed E-state index contributed by atoms with van der Waals surface area (Å²) in [5.41, 5.74) is 10.3. The number of aromatic nitrogens is 2. The minimum atomic E-state index is 0.345. The van der Waals surface area contributed by atoms with Gasteiger partial charge in [-0.25, -0.2) is 0 Å². The molecule has 0 saturated carbocycles. The van der Waals surface area contributed by atoms with E-state index in [-0.39, 0.29) is 0 Å². The zero-order valence-electron chi connectivity index (χ0n) is 18.3. The molecule has 0 atom stereocenters. The largest absolute Gasteiger partial charge is 0.484 e. The van der Waals surface area contributed by atoms with E-state index in [1.165, 1.54) is 30.8 Å². The van der Waals surface area contributed by atoms with Crippen LogP contribution in [-0.2, 0) is 13.1 Å². The highest BCUT2D eigenvalue weighted by molar-refractivity contribution is 7.80. The summed E-state index contributed by atoms with van der Waals surface area (Å²) >= 11 is 5.41. The molecule has 1 aromatic carbocycles. The van der Waals surface area contributed by atoms with Gasteiger partial charge in [0.05, 0.1) is 6.54 Å². The lowest BCUT2D eigenvalue weighted by Crippen LogP contribution is -2.62. The van der Waals surface area contributed by atoms with Crippen molar-refractivity contribution < 1.29 is 13.6 Å². The third kappa shape index (κ3) is 4.06. The molecule has 0 aliphatic carbocycles. The van der Waals surface area contributed by atoms with Gasteiger partial charge in [0.25, 0.3) is 0 Å². The molecule has 2 aliphatic rings. The molecule has 6 nitrogen and oxygen atoms in total. The maximum Gasteiger partial charge on any atom is 0.484 e. The number of rotatable bonds is 7. The zero-order chi connectivity index (χ0) is 22.0. The van der Waals surface area contributed by atoms with Crippen molar-refractivity contribution in [3.05, 3.63) is 84.4 Å². The second-order valence-corrected chi connectivity index (χ2v) is 9.28. The number of thiocarbonyl (C=S) groups is 1. The third-order valence-corrected chi connectivity index (χ3v) is 6.88. The van der Waals surface area contributed by atoms with E-state index < -0.39 is 0 Å². The Balaban J connectivity index is 1.13. The van der Waals surface area contributed by atoms with Gasteiger partial charge in [-0.15, -0.1) is 0 Å². The highest BCUT2D eigenvalue weighted by Crippen LogP contribution is 2.34. The van der Waals surface area contributed by atoms with Crippen LogP contribution in [0.2, 0.25) is 0 Å². The number of hydrogen-bond donors (Lipinski definition) is 3. The van der Waals surface area contributed by atoms with Crippen LogP contribution in [0.3, 0.4) is 0 Å². The number of quaternary nitrogens is 1. The van der Waals surface area contributed by atoms with Gasteiger partial charge in [0, 0.05) is 42.2 Å². The fraction of sp³-hybridized carbons (Fsp3) is 0.320. The molecule has 2 aliphatic heterocycles. The average Bonchev–Trinajstić information content (AvgIpc) is 3.28. The lowest BCUT2D eigenvalue weighted by atomic mass is 10.2. The summed E-state index contributed by atoms with van der Waals surface area (Å²) in [6.45, 7) is 4.26. The Morgan fingerprint density at radius 2 is 1.56 bits per heavy atom. The van der Waals surface area contributed by atoms with E-state index in [4.69, 9.17) is 18.0 Å². The Morgan fingerprint density at radius 1 is 0.906 bits per heavy atom. The van der Waals surface area contributed by atoms with Gasteiger partial charge in [-0.05, 0) is 67.9 Å². The first-order valence-electron chi connectivity index (χ1n) is 11.4. The second kappa shape index (κ2) is 8.84. The number of benzene rings is 1. The number of nitrogens with zero attached hydrogens (tertiary/aromatic N) is 3. The lowest BCUT2D eigenvalue weighted by molar-refractivity contribution is -1.16. The van der Waals surface area contributed by atoms with Gasteiger partial charge in [0.15, 0.2) is 30.6 Å². The fourth-order valence-corrected chi connectivity index (χ4v) is 5.39. The Kier molecular flexibility index (Phi) is 5.76. The zero-order valence-corrected chi connectivity index (χ0v) is 19.1. The van der Waals surface area contributed by atoms with Crippen LogP contribution in [0.4, 0.5) is 11.4 Å². The van der Waals surface area contributed by atoms with E-state index in [9.17, 15) is 0 Å². The van der Waals surface area contributed by atoms with Crippen molar-refractivity contribution in [2.24, 2.45) is 0 Å². The summed E-state index contributed by atoms with van der Waals surface area (Å²) in [6.07, 6.45) is 8.33. The summed E-state index contributed by atoms with van der Waals surface area (Å²) < 4.78 is 6.04. The number of nitrogens with two attached hydrogens (primary N) is 1. The smallest absolute Gasteiger partial charge is 0.399 e. The maximum absolute atomic E-state index is 5.73. The summed E-state index contributed by atoms with van der Waals surface area (Å²) in [7, 11) is 0. The average molecular weight is 448 g/mol. The molecule has 0 unspecified atom stereocenters. The van der Waals surface area contributed by atoms with Crippen LogP contribution < -0.4 is 25.5 Å². The minimum absolute atomic E-state index is 0.345. The maximum atomic E-state index is 5.73. The summed E-state index contributed by atoms with van der Waals surface area (Å²) in [5.74, 6) is 0. The van der Waals surface area contributed by atoms with Crippen molar-refractivity contribution in [1.82, 2.24) is 5.32 Å². The van der Waals surface area contributed by atoms with Crippen LogP contribution >= 0.6 is 12.2 Å². The van der Waals surface area contributed by atoms with Crippen LogP contribution in [-0.4, -0.2) is 22.7 Å². The van der Waals surface area contributed by atoms with Crippen LogP contribution in [0.25, 0.3) is 0 Å². The summed E-state index contributed by atoms with van der Waals surface area (Å²) in [5, 5.41) is 7.19. The number of hydrogen-bond acceptors (Lipinski definition) is 2. The van der Waals surface area contributed by atoms with Crippen LogP contribution in [0.5, 0.6) is 0 Å². The molecule has 0 amide bonds. The molecule has 0 spiro atoms. The number of unbranched alkanes of at least 4 members (excludes halogenated alkanes) is 2. The Labute approximate surface area is 194 Å². The van der Waals surface area contributed by atoms with Crippen LogP contribution in [0.1, 0.15) is 36.9 Å². The van der Waals surface area contributed by atoms with Crippen molar-refractivity contribution in [3.8, 4) is 0 Å². The third-order valence-electron chi connectivity index (χ3n) is 6.63. The van der Waals surface area contributed by atoms with Gasteiger partial charge in [-0.3, -0.25) is 0 Å². The summed E-state index contributed by atoms with van der Waals surface area (Å²) in [6, 6.07) is 20.8. The highest BCUT2D eigenvalue weighted by Gasteiger charge is 2.63. The molecule has 164 valence electrons. The number of pyridine rings is 2. The first-order valence-corrected chi connectivity index (χ1v) is 11.8. The molecule has 32 heavy (non-hydrogen) atoms. The predicted molar refractivity (Wildman–Crippen MR) is 129 cm³/mol. The Hall–Kier alpha value is -3.03. The minimum Gasteiger partial charge on any atom is -0.399 e. The molecule has 7 heteroatoms. The number of nitrogen functional groups attached to an aromatic ring is 1. The topological polar surface area (TPSA) is 57.8 Å². The molecule has 2 aromatic heterocycles. The quantitative estimate of drug-likeness (QED) is 0.171. The van der Waals surface area contributed by atoms with Crippen molar-refractivity contribution in [2.45, 2.75) is 38.6 Å².